The summed E-state index contributed by atoms with van der Waals surface area (Å²) in [6.45, 7) is 13.3. The highest BCUT2D eigenvalue weighted by molar-refractivity contribution is 5.83. The van der Waals surface area contributed by atoms with Gasteiger partial charge in [0.1, 0.15) is 0 Å². The van der Waals surface area contributed by atoms with E-state index in [1.165, 1.54) is 141 Å². The highest BCUT2D eigenvalue weighted by Gasteiger charge is 2.32. The van der Waals surface area contributed by atoms with Crippen LogP contribution in [0.3, 0.4) is 0 Å². The van der Waals surface area contributed by atoms with Gasteiger partial charge in [0, 0.05) is 45.6 Å². The number of carbonyl (C=O) groups is 3. The molecule has 49 heavy (non-hydrogen) atoms. The number of nitrogens with one attached hydrogen (secondary N) is 1. The summed E-state index contributed by atoms with van der Waals surface area (Å²) in [5.41, 5.74) is -0.0199. The van der Waals surface area contributed by atoms with E-state index in [1.807, 2.05) is 9.80 Å². The molecule has 0 bridgehead atoms. The van der Waals surface area contributed by atoms with Gasteiger partial charge in [-0.1, -0.05) is 189 Å². The van der Waals surface area contributed by atoms with Gasteiger partial charge in [0.25, 0.3) is 0 Å². The quantitative estimate of drug-likeness (QED) is 0.0763. The molecule has 0 unspecified atom stereocenters. The molecule has 288 valence electrons. The summed E-state index contributed by atoms with van der Waals surface area (Å²) in [6, 6.07) is 0. The molecule has 0 aromatic carbocycles. The van der Waals surface area contributed by atoms with E-state index in [0.29, 0.717) is 45.6 Å². The zero-order valence-corrected chi connectivity index (χ0v) is 33.5. The Morgan fingerprint density at radius 3 is 1.06 bits per heavy atom. The first kappa shape index (κ1) is 45.4. The summed E-state index contributed by atoms with van der Waals surface area (Å²) in [4.78, 5) is 43.7. The van der Waals surface area contributed by atoms with E-state index in [0.717, 1.165) is 25.7 Å². The zero-order valence-electron chi connectivity index (χ0n) is 33.5. The Kier molecular flexibility index (Phi) is 27.9. The molecule has 6 nitrogen and oxygen atoms in total. The van der Waals surface area contributed by atoms with Gasteiger partial charge in [0.2, 0.25) is 17.7 Å². The molecule has 1 rings (SSSR count). The number of carbonyl (C=O) groups excluding carboxylic acids is 3. The Hall–Kier alpha value is -1.59. The van der Waals surface area contributed by atoms with Gasteiger partial charge in [-0.2, -0.15) is 0 Å². The van der Waals surface area contributed by atoms with Crippen LogP contribution in [-0.4, -0.2) is 60.2 Å². The van der Waals surface area contributed by atoms with Crippen LogP contribution in [0.2, 0.25) is 0 Å². The van der Waals surface area contributed by atoms with Crippen LogP contribution in [-0.2, 0) is 14.4 Å². The predicted octanol–water partition coefficient (Wildman–Crippen LogP) is 11.4. The fourth-order valence-corrected chi connectivity index (χ4v) is 7.03. The van der Waals surface area contributed by atoms with Gasteiger partial charge in [0.05, 0.1) is 5.92 Å². The van der Waals surface area contributed by atoms with Crippen molar-refractivity contribution in [3.8, 4) is 0 Å². The molecule has 1 N–H and O–H groups in total. The van der Waals surface area contributed by atoms with Crippen LogP contribution >= 0.6 is 0 Å². The van der Waals surface area contributed by atoms with E-state index in [-0.39, 0.29) is 29.1 Å². The van der Waals surface area contributed by atoms with Crippen molar-refractivity contribution >= 4 is 17.7 Å². The molecule has 3 amide bonds. The minimum atomic E-state index is -0.379. The largest absolute Gasteiger partial charge is 0.355 e. The highest BCUT2D eigenvalue weighted by atomic mass is 16.2. The second-order valence-electron chi connectivity index (χ2n) is 16.6. The van der Waals surface area contributed by atoms with Gasteiger partial charge >= 0.3 is 0 Å². The van der Waals surface area contributed by atoms with E-state index in [1.54, 1.807) is 0 Å². The van der Waals surface area contributed by atoms with Crippen molar-refractivity contribution in [3.63, 3.8) is 0 Å². The Bertz CT molecular complexity index is 772. The van der Waals surface area contributed by atoms with Crippen molar-refractivity contribution in [2.24, 2.45) is 11.3 Å². The van der Waals surface area contributed by atoms with E-state index in [4.69, 9.17) is 0 Å². The number of hydrogen-bond donors (Lipinski definition) is 1. The second-order valence-corrected chi connectivity index (χ2v) is 16.6. The molecule has 0 aromatic rings. The summed E-state index contributed by atoms with van der Waals surface area (Å²) < 4.78 is 0. The average molecular weight is 690 g/mol. The van der Waals surface area contributed by atoms with Gasteiger partial charge in [-0.25, -0.2) is 0 Å². The van der Waals surface area contributed by atoms with Crippen molar-refractivity contribution in [1.29, 1.82) is 0 Å². The average Bonchev–Trinajstić information content (AvgIpc) is 3.31. The Labute approximate surface area is 305 Å². The molecule has 1 aliphatic heterocycles. The second kappa shape index (κ2) is 30.1. The lowest BCUT2D eigenvalue weighted by molar-refractivity contribution is -0.133. The van der Waals surface area contributed by atoms with Crippen molar-refractivity contribution in [2.45, 2.75) is 214 Å². The smallest absolute Gasteiger partial charge is 0.226 e. The molecule has 1 saturated heterocycles. The van der Waals surface area contributed by atoms with Crippen LogP contribution < -0.4 is 5.32 Å². The normalized spacial score (nSPS) is 14.3. The number of unbranched alkanes of at least 4 members (excludes halogenated alkanes) is 24. The molecule has 0 aliphatic carbocycles. The van der Waals surface area contributed by atoms with Gasteiger partial charge in [0.15, 0.2) is 0 Å². The topological polar surface area (TPSA) is 69.7 Å². The number of nitrogens with zero attached hydrogens (tertiary/aromatic N) is 2. The van der Waals surface area contributed by atoms with Crippen molar-refractivity contribution < 1.29 is 14.4 Å². The minimum absolute atomic E-state index is 0.0199. The zero-order chi connectivity index (χ0) is 36.0. The van der Waals surface area contributed by atoms with Gasteiger partial charge in [-0.15, -0.1) is 0 Å². The maximum absolute atomic E-state index is 13.3. The minimum Gasteiger partial charge on any atom is -0.355 e. The first-order valence-electron chi connectivity index (χ1n) is 21.5. The summed E-state index contributed by atoms with van der Waals surface area (Å²) in [7, 11) is 0. The summed E-state index contributed by atoms with van der Waals surface area (Å²) in [5, 5.41) is 3.12. The first-order chi connectivity index (χ1) is 23.7. The Balaban J connectivity index is 2.38. The Morgan fingerprint density at radius 1 is 0.490 bits per heavy atom. The number of rotatable bonds is 30. The third-order valence-electron chi connectivity index (χ3n) is 10.4. The highest BCUT2D eigenvalue weighted by Crippen LogP contribution is 2.19. The molecule has 0 radical (unpaired) electrons. The molecule has 6 heteroatoms. The molecular formula is C43H83N3O3. The maximum Gasteiger partial charge on any atom is 0.226 e. The summed E-state index contributed by atoms with van der Waals surface area (Å²) in [5.74, 6) is -0.129. The molecule has 0 spiro atoms. The lowest BCUT2D eigenvalue weighted by Gasteiger charge is -2.26. The standard InChI is InChI=1S/C43H83N3O3/c1-6-8-10-12-14-16-18-20-22-24-26-28-30-32-40(47)45-34-35-46(37-39(36-45)42(49)44-38-43(3,4)5)41(48)33-31-29-27-25-23-21-19-17-15-13-11-9-7-2/h39H,6-38H2,1-5H3,(H,44,49). The van der Waals surface area contributed by atoms with E-state index in [9.17, 15) is 14.4 Å². The van der Waals surface area contributed by atoms with Crippen LogP contribution in [0.4, 0.5) is 0 Å². The van der Waals surface area contributed by atoms with E-state index in [2.05, 4.69) is 39.9 Å². The van der Waals surface area contributed by atoms with Gasteiger partial charge < -0.3 is 15.1 Å². The van der Waals surface area contributed by atoms with Crippen molar-refractivity contribution in [1.82, 2.24) is 15.1 Å². The van der Waals surface area contributed by atoms with Crippen molar-refractivity contribution in [2.75, 3.05) is 32.7 Å². The fourth-order valence-electron chi connectivity index (χ4n) is 7.03. The van der Waals surface area contributed by atoms with Crippen LogP contribution in [0.15, 0.2) is 0 Å². The van der Waals surface area contributed by atoms with Crippen LogP contribution in [0.25, 0.3) is 0 Å². The molecule has 0 aromatic heterocycles. The van der Waals surface area contributed by atoms with Gasteiger partial charge in [-0.05, 0) is 18.3 Å². The number of hydrogen-bond acceptors (Lipinski definition) is 3. The Morgan fingerprint density at radius 2 is 0.776 bits per heavy atom. The van der Waals surface area contributed by atoms with Crippen LogP contribution in [0.5, 0.6) is 0 Å². The lowest BCUT2D eigenvalue weighted by Crippen LogP contribution is -2.45. The van der Waals surface area contributed by atoms with Crippen LogP contribution in [0.1, 0.15) is 214 Å². The van der Waals surface area contributed by atoms with E-state index < -0.39 is 0 Å². The monoisotopic (exact) mass is 690 g/mol. The SMILES string of the molecule is CCCCCCCCCCCCCCCC(=O)N1CCN(C(=O)CCCCCCCCCCCCCCC)CC(C(=O)NCC(C)(C)C)C1. The fraction of sp³-hybridized carbons (Fsp3) is 0.930. The molecule has 1 aliphatic rings. The maximum atomic E-state index is 13.3. The molecule has 0 atom stereocenters. The first-order valence-corrected chi connectivity index (χ1v) is 21.5. The van der Waals surface area contributed by atoms with Crippen LogP contribution in [0, 0.1) is 11.3 Å². The molecule has 1 heterocycles. The summed E-state index contributed by atoms with van der Waals surface area (Å²) >= 11 is 0. The molecular weight excluding hydrogens is 606 g/mol. The van der Waals surface area contributed by atoms with Crippen molar-refractivity contribution in [3.05, 3.63) is 0 Å². The van der Waals surface area contributed by atoms with Gasteiger partial charge in [-0.3, -0.25) is 14.4 Å². The third kappa shape index (κ3) is 25.9. The van der Waals surface area contributed by atoms with E-state index >= 15 is 0 Å². The molecule has 0 saturated carbocycles. The summed E-state index contributed by atoms with van der Waals surface area (Å²) in [6.07, 6.45) is 34.6. The third-order valence-corrected chi connectivity index (χ3v) is 10.4. The lowest BCUT2D eigenvalue weighted by atomic mass is 9.96. The predicted molar refractivity (Wildman–Crippen MR) is 210 cm³/mol. The number of amides is 3. The molecule has 1 fully saturated rings.